The van der Waals surface area contributed by atoms with Crippen LogP contribution >= 0.6 is 0 Å². The summed E-state index contributed by atoms with van der Waals surface area (Å²) in [5, 5.41) is 27.8. The molecule has 1 aliphatic heterocycles. The highest BCUT2D eigenvalue weighted by Crippen LogP contribution is 2.21. The summed E-state index contributed by atoms with van der Waals surface area (Å²) in [5.41, 5.74) is 5.45. The van der Waals surface area contributed by atoms with Crippen LogP contribution in [0.15, 0.2) is 23.3 Å². The third-order valence-corrected chi connectivity index (χ3v) is 2.03. The standard InChI is InChI=1S/C10H13NO7/c1-4(11)2-6(13)17-3-5(12)9-7(14)8(15)10(16)18-9/h2,5,9,12,14-15H,3,11H2,1H3/b4-2-/t5-,9-/m1/s1. The highest BCUT2D eigenvalue weighted by atomic mass is 16.6. The molecular formula is C10H13NO7. The molecule has 0 aromatic heterocycles. The molecule has 18 heavy (non-hydrogen) atoms. The van der Waals surface area contributed by atoms with E-state index in [-0.39, 0.29) is 5.70 Å². The molecule has 100 valence electrons. The monoisotopic (exact) mass is 259 g/mol. The SMILES string of the molecule is C/C(N)=C/C(=O)OC[C@@H](O)[C@H]1OC(=O)C(O)=C1O. The van der Waals surface area contributed by atoms with Gasteiger partial charge in [-0.05, 0) is 6.92 Å². The summed E-state index contributed by atoms with van der Waals surface area (Å²) in [6.07, 6.45) is -1.94. The molecule has 0 radical (unpaired) electrons. The zero-order valence-electron chi connectivity index (χ0n) is 9.49. The van der Waals surface area contributed by atoms with Gasteiger partial charge >= 0.3 is 11.9 Å². The number of carbonyl (C=O) groups is 2. The maximum Gasteiger partial charge on any atom is 0.377 e. The first-order chi connectivity index (χ1) is 8.32. The minimum atomic E-state index is -1.49. The van der Waals surface area contributed by atoms with Gasteiger partial charge in [-0.25, -0.2) is 9.59 Å². The Morgan fingerprint density at radius 3 is 2.67 bits per heavy atom. The minimum absolute atomic E-state index is 0.224. The van der Waals surface area contributed by atoms with Crippen LogP contribution in [0.1, 0.15) is 6.92 Å². The summed E-state index contributed by atoms with van der Waals surface area (Å²) < 4.78 is 9.06. The Labute approximate surface area is 102 Å². The van der Waals surface area contributed by atoms with Gasteiger partial charge in [0.15, 0.2) is 11.9 Å². The molecule has 0 aromatic rings. The lowest BCUT2D eigenvalue weighted by Crippen LogP contribution is -2.33. The molecule has 8 heteroatoms. The summed E-state index contributed by atoms with van der Waals surface area (Å²) in [7, 11) is 0. The molecule has 0 fully saturated rings. The van der Waals surface area contributed by atoms with Crippen molar-refractivity contribution in [2.45, 2.75) is 19.1 Å². The van der Waals surface area contributed by atoms with E-state index in [0.717, 1.165) is 6.08 Å². The smallest absolute Gasteiger partial charge is 0.377 e. The molecule has 5 N–H and O–H groups in total. The number of esters is 2. The van der Waals surface area contributed by atoms with E-state index in [1.807, 2.05) is 0 Å². The van der Waals surface area contributed by atoms with Crippen molar-refractivity contribution in [1.82, 2.24) is 0 Å². The third kappa shape index (κ3) is 3.14. The average molecular weight is 259 g/mol. The predicted molar refractivity (Wildman–Crippen MR) is 57.1 cm³/mol. The Morgan fingerprint density at radius 2 is 2.22 bits per heavy atom. The van der Waals surface area contributed by atoms with Gasteiger partial charge < -0.3 is 30.5 Å². The Balaban J connectivity index is 2.53. The van der Waals surface area contributed by atoms with Crippen LogP contribution in [0.4, 0.5) is 0 Å². The summed E-state index contributed by atoms with van der Waals surface area (Å²) in [5.74, 6) is -3.70. The first kappa shape index (κ1) is 13.8. The Kier molecular flexibility index (Phi) is 4.16. The summed E-state index contributed by atoms with van der Waals surface area (Å²) in [6.45, 7) is 0.945. The fourth-order valence-corrected chi connectivity index (χ4v) is 1.21. The van der Waals surface area contributed by atoms with Crippen molar-refractivity contribution in [2.24, 2.45) is 5.73 Å². The van der Waals surface area contributed by atoms with Crippen molar-refractivity contribution in [2.75, 3.05) is 6.61 Å². The fraction of sp³-hybridized carbons (Fsp3) is 0.400. The maximum absolute atomic E-state index is 11.1. The van der Waals surface area contributed by atoms with Crippen LogP contribution < -0.4 is 5.73 Å². The van der Waals surface area contributed by atoms with Gasteiger partial charge in [0.1, 0.15) is 12.7 Å². The molecule has 0 unspecified atom stereocenters. The molecule has 0 aliphatic carbocycles. The lowest BCUT2D eigenvalue weighted by atomic mass is 10.2. The van der Waals surface area contributed by atoms with Crippen LogP contribution in [0.3, 0.4) is 0 Å². The maximum atomic E-state index is 11.1. The van der Waals surface area contributed by atoms with Gasteiger partial charge in [0, 0.05) is 11.8 Å². The molecule has 8 nitrogen and oxygen atoms in total. The summed E-state index contributed by atoms with van der Waals surface area (Å²) in [6, 6.07) is 0. The molecule has 2 atom stereocenters. The van der Waals surface area contributed by atoms with Crippen LogP contribution in [0.25, 0.3) is 0 Å². The Bertz CT molecular complexity index is 422. The largest absolute Gasteiger partial charge is 0.505 e. The lowest BCUT2D eigenvalue weighted by molar-refractivity contribution is -0.151. The minimum Gasteiger partial charge on any atom is -0.505 e. The summed E-state index contributed by atoms with van der Waals surface area (Å²) in [4.78, 5) is 21.9. The van der Waals surface area contributed by atoms with Crippen molar-refractivity contribution < 1.29 is 34.4 Å². The topological polar surface area (TPSA) is 139 Å². The molecule has 0 aromatic carbocycles. The number of aliphatic hydroxyl groups excluding tert-OH is 3. The van der Waals surface area contributed by atoms with E-state index < -0.39 is 42.3 Å². The second-order valence-electron chi connectivity index (χ2n) is 3.65. The van der Waals surface area contributed by atoms with E-state index in [0.29, 0.717) is 0 Å². The van der Waals surface area contributed by atoms with E-state index in [1.165, 1.54) is 6.92 Å². The Morgan fingerprint density at radius 1 is 1.61 bits per heavy atom. The predicted octanol–water partition coefficient (Wildman–Crippen LogP) is -0.994. The number of cyclic esters (lactones) is 1. The second-order valence-corrected chi connectivity index (χ2v) is 3.65. The zero-order valence-corrected chi connectivity index (χ0v) is 9.49. The fourth-order valence-electron chi connectivity index (χ4n) is 1.21. The number of allylic oxidation sites excluding steroid dienone is 1. The van der Waals surface area contributed by atoms with Crippen LogP contribution in [-0.2, 0) is 19.1 Å². The van der Waals surface area contributed by atoms with Crippen LogP contribution in [0, 0.1) is 0 Å². The van der Waals surface area contributed by atoms with E-state index >= 15 is 0 Å². The number of carbonyl (C=O) groups excluding carboxylic acids is 2. The van der Waals surface area contributed by atoms with Gasteiger partial charge in [-0.1, -0.05) is 0 Å². The molecule has 1 rings (SSSR count). The van der Waals surface area contributed by atoms with E-state index in [1.54, 1.807) is 0 Å². The number of aliphatic hydroxyl groups is 3. The van der Waals surface area contributed by atoms with Gasteiger partial charge in [-0.2, -0.15) is 0 Å². The van der Waals surface area contributed by atoms with Gasteiger partial charge in [0.25, 0.3) is 0 Å². The number of rotatable bonds is 4. The number of nitrogens with two attached hydrogens (primary N) is 1. The van der Waals surface area contributed by atoms with Crippen molar-refractivity contribution in [3.8, 4) is 0 Å². The first-order valence-corrected chi connectivity index (χ1v) is 4.94. The Hall–Kier alpha value is -2.22. The highest BCUT2D eigenvalue weighted by molar-refractivity contribution is 5.89. The van der Waals surface area contributed by atoms with Gasteiger partial charge in [-0.15, -0.1) is 0 Å². The van der Waals surface area contributed by atoms with Crippen molar-refractivity contribution in [1.29, 1.82) is 0 Å². The van der Waals surface area contributed by atoms with Gasteiger partial charge in [0.2, 0.25) is 5.76 Å². The summed E-state index contributed by atoms with van der Waals surface area (Å²) >= 11 is 0. The lowest BCUT2D eigenvalue weighted by Gasteiger charge is -2.16. The van der Waals surface area contributed by atoms with Crippen molar-refractivity contribution in [3.63, 3.8) is 0 Å². The average Bonchev–Trinajstić information content (AvgIpc) is 2.53. The molecule has 0 saturated carbocycles. The highest BCUT2D eigenvalue weighted by Gasteiger charge is 2.39. The van der Waals surface area contributed by atoms with Crippen LogP contribution in [0.2, 0.25) is 0 Å². The van der Waals surface area contributed by atoms with Crippen LogP contribution in [0.5, 0.6) is 0 Å². The number of hydrogen-bond donors (Lipinski definition) is 4. The molecule has 0 saturated heterocycles. The zero-order chi connectivity index (χ0) is 13.9. The third-order valence-electron chi connectivity index (χ3n) is 2.03. The molecule has 0 bridgehead atoms. The molecule has 0 spiro atoms. The number of ether oxygens (including phenoxy) is 2. The van der Waals surface area contributed by atoms with Gasteiger partial charge in [-0.3, -0.25) is 0 Å². The normalized spacial score (nSPS) is 21.8. The second kappa shape index (κ2) is 5.41. The van der Waals surface area contributed by atoms with Crippen LogP contribution in [-0.4, -0.2) is 46.1 Å². The van der Waals surface area contributed by atoms with Crippen molar-refractivity contribution >= 4 is 11.9 Å². The molecule has 1 heterocycles. The van der Waals surface area contributed by atoms with Crippen molar-refractivity contribution in [3.05, 3.63) is 23.3 Å². The van der Waals surface area contributed by atoms with E-state index in [9.17, 15) is 19.8 Å². The molecule has 0 amide bonds. The molecular weight excluding hydrogens is 246 g/mol. The van der Waals surface area contributed by atoms with Gasteiger partial charge in [0.05, 0.1) is 0 Å². The number of hydrogen-bond acceptors (Lipinski definition) is 8. The quantitative estimate of drug-likeness (QED) is 0.372. The molecule has 1 aliphatic rings. The van der Waals surface area contributed by atoms with E-state index in [2.05, 4.69) is 9.47 Å². The first-order valence-electron chi connectivity index (χ1n) is 4.94. The van der Waals surface area contributed by atoms with E-state index in [4.69, 9.17) is 10.8 Å².